The number of nitrogens with zero attached hydrogens (tertiary/aromatic N) is 4. The second-order valence-corrected chi connectivity index (χ2v) is 11.9. The lowest BCUT2D eigenvalue weighted by atomic mass is 9.98. The van der Waals surface area contributed by atoms with E-state index in [1.165, 1.54) is 16.2 Å². The molecule has 0 saturated heterocycles. The van der Waals surface area contributed by atoms with Crippen molar-refractivity contribution in [3.63, 3.8) is 0 Å². The van der Waals surface area contributed by atoms with Crippen molar-refractivity contribution in [2.24, 2.45) is 0 Å². The highest BCUT2D eigenvalue weighted by atomic mass is 16.3. The summed E-state index contributed by atoms with van der Waals surface area (Å²) in [6.45, 7) is 0. The number of furan rings is 1. The molecule has 5 heteroatoms. The van der Waals surface area contributed by atoms with Gasteiger partial charge < -0.3 is 4.42 Å². The monoisotopic (exact) mass is 600 g/mol. The van der Waals surface area contributed by atoms with Gasteiger partial charge in [0.2, 0.25) is 0 Å². The molecule has 0 unspecified atom stereocenters. The molecule has 3 heterocycles. The maximum absolute atomic E-state index is 6.50. The molecule has 0 aliphatic rings. The van der Waals surface area contributed by atoms with Crippen LogP contribution in [0.4, 0.5) is 0 Å². The zero-order chi connectivity index (χ0) is 30.9. The van der Waals surface area contributed by atoms with Crippen molar-refractivity contribution in [2.45, 2.75) is 0 Å². The molecule has 0 atom stereocenters. The lowest BCUT2D eigenvalue weighted by molar-refractivity contribution is 0.672. The van der Waals surface area contributed by atoms with Gasteiger partial charge in [-0.2, -0.15) is 0 Å². The Morgan fingerprint density at radius 1 is 0.426 bits per heavy atom. The third-order valence-corrected chi connectivity index (χ3v) is 9.12. The molecular formula is C42H24N4O. The molecule has 10 rings (SSSR count). The highest BCUT2D eigenvalue weighted by molar-refractivity contribution is 6.21. The molecule has 3 aromatic heterocycles. The standard InChI is InChI=1S/C42H24N4O/c1-2-11-26(12-3-1)40-44-41(28-23-34-32-19-18-25-10-4-6-14-29(25)31(32)20-21-36(34)43-24-28)46-42(45-40)35-22-27-13-5-7-15-30(27)39-38(35)33-16-8-9-17-37(33)47-39/h1-24H. The second-order valence-electron chi connectivity index (χ2n) is 11.9. The smallest absolute Gasteiger partial charge is 0.165 e. The number of hydrogen-bond donors (Lipinski definition) is 0. The van der Waals surface area contributed by atoms with E-state index < -0.39 is 0 Å². The van der Waals surface area contributed by atoms with Gasteiger partial charge in [-0.3, -0.25) is 4.98 Å². The summed E-state index contributed by atoms with van der Waals surface area (Å²) in [6.07, 6.45) is 1.87. The van der Waals surface area contributed by atoms with Gasteiger partial charge in [0.1, 0.15) is 11.2 Å². The number of para-hydroxylation sites is 1. The molecule has 47 heavy (non-hydrogen) atoms. The summed E-state index contributed by atoms with van der Waals surface area (Å²) in [4.78, 5) is 20.2. The van der Waals surface area contributed by atoms with Gasteiger partial charge >= 0.3 is 0 Å². The Hall–Kier alpha value is -6.46. The zero-order valence-electron chi connectivity index (χ0n) is 25.1. The van der Waals surface area contributed by atoms with Gasteiger partial charge in [0.05, 0.1) is 5.52 Å². The summed E-state index contributed by atoms with van der Waals surface area (Å²) in [5.41, 5.74) is 5.22. The molecule has 7 aromatic carbocycles. The van der Waals surface area contributed by atoms with E-state index in [1.807, 2.05) is 66.9 Å². The zero-order valence-corrected chi connectivity index (χ0v) is 25.1. The Balaban J connectivity index is 1.27. The first kappa shape index (κ1) is 25.8. The lowest BCUT2D eigenvalue weighted by Gasteiger charge is -2.11. The first-order valence-electron chi connectivity index (χ1n) is 15.6. The minimum Gasteiger partial charge on any atom is -0.455 e. The quantitative estimate of drug-likeness (QED) is 0.189. The van der Waals surface area contributed by atoms with Crippen LogP contribution in [-0.4, -0.2) is 19.9 Å². The normalized spacial score (nSPS) is 11.8. The van der Waals surface area contributed by atoms with E-state index in [0.29, 0.717) is 17.5 Å². The van der Waals surface area contributed by atoms with Crippen LogP contribution in [0, 0.1) is 0 Å². The number of benzene rings is 7. The molecule has 0 amide bonds. The molecule has 0 aliphatic carbocycles. The molecule has 0 saturated carbocycles. The number of aromatic nitrogens is 4. The van der Waals surface area contributed by atoms with Gasteiger partial charge in [0.15, 0.2) is 17.5 Å². The van der Waals surface area contributed by atoms with E-state index in [9.17, 15) is 0 Å². The van der Waals surface area contributed by atoms with Gasteiger partial charge in [-0.15, -0.1) is 0 Å². The predicted molar refractivity (Wildman–Crippen MR) is 191 cm³/mol. The average Bonchev–Trinajstić information content (AvgIpc) is 3.54. The van der Waals surface area contributed by atoms with Gasteiger partial charge in [0.25, 0.3) is 0 Å². The summed E-state index contributed by atoms with van der Waals surface area (Å²) in [5.74, 6) is 1.75. The SMILES string of the molecule is c1ccc(-c2nc(-c3cnc4ccc5c6ccccc6ccc5c4c3)nc(-c3cc4ccccc4c4oc5ccccc5c34)n2)cc1. The molecule has 0 fully saturated rings. The topological polar surface area (TPSA) is 64.7 Å². The Morgan fingerprint density at radius 2 is 1.09 bits per heavy atom. The van der Waals surface area contributed by atoms with Gasteiger partial charge in [0, 0.05) is 44.4 Å². The van der Waals surface area contributed by atoms with Crippen molar-refractivity contribution in [2.75, 3.05) is 0 Å². The fraction of sp³-hybridized carbons (Fsp3) is 0. The molecule has 10 aromatic rings. The van der Waals surface area contributed by atoms with E-state index in [-0.39, 0.29) is 0 Å². The fourth-order valence-corrected chi connectivity index (χ4v) is 6.90. The van der Waals surface area contributed by atoms with E-state index in [2.05, 4.69) is 78.9 Å². The maximum Gasteiger partial charge on any atom is 0.165 e. The molecule has 5 nitrogen and oxygen atoms in total. The van der Waals surface area contributed by atoms with Crippen LogP contribution in [0.5, 0.6) is 0 Å². The van der Waals surface area contributed by atoms with Gasteiger partial charge in [-0.25, -0.2) is 15.0 Å². The summed E-state index contributed by atoms with van der Waals surface area (Å²) in [7, 11) is 0. The molecule has 0 radical (unpaired) electrons. The molecule has 218 valence electrons. The second kappa shape index (κ2) is 10.0. The third kappa shape index (κ3) is 4.03. The Labute approximate surface area is 268 Å². The maximum atomic E-state index is 6.50. The van der Waals surface area contributed by atoms with E-state index >= 15 is 0 Å². The van der Waals surface area contributed by atoms with E-state index in [1.54, 1.807) is 0 Å². The molecule has 0 N–H and O–H groups in total. The van der Waals surface area contributed by atoms with Crippen LogP contribution in [0.2, 0.25) is 0 Å². The molecular weight excluding hydrogens is 576 g/mol. The summed E-state index contributed by atoms with van der Waals surface area (Å²) in [5, 5.41) is 9.97. The van der Waals surface area contributed by atoms with Crippen molar-refractivity contribution in [3.8, 4) is 34.2 Å². The van der Waals surface area contributed by atoms with Crippen molar-refractivity contribution in [1.29, 1.82) is 0 Å². The van der Waals surface area contributed by atoms with Crippen LogP contribution in [-0.2, 0) is 0 Å². The van der Waals surface area contributed by atoms with Crippen molar-refractivity contribution in [1.82, 2.24) is 19.9 Å². The molecule has 0 aliphatic heterocycles. The fourth-order valence-electron chi connectivity index (χ4n) is 6.90. The predicted octanol–water partition coefficient (Wildman–Crippen LogP) is 10.8. The third-order valence-electron chi connectivity index (χ3n) is 9.12. The largest absolute Gasteiger partial charge is 0.455 e. The van der Waals surface area contributed by atoms with Crippen molar-refractivity contribution in [3.05, 3.63) is 146 Å². The number of rotatable bonds is 3. The van der Waals surface area contributed by atoms with Crippen LogP contribution < -0.4 is 0 Å². The van der Waals surface area contributed by atoms with Crippen LogP contribution in [0.1, 0.15) is 0 Å². The molecule has 0 spiro atoms. The number of hydrogen-bond acceptors (Lipinski definition) is 5. The Bertz CT molecular complexity index is 2860. The van der Waals surface area contributed by atoms with E-state index in [4.69, 9.17) is 24.4 Å². The number of pyridine rings is 1. The van der Waals surface area contributed by atoms with Gasteiger partial charge in [-0.1, -0.05) is 115 Å². The molecule has 0 bridgehead atoms. The average molecular weight is 601 g/mol. The minimum atomic E-state index is 0.565. The first-order chi connectivity index (χ1) is 23.3. The van der Waals surface area contributed by atoms with Crippen LogP contribution in [0.3, 0.4) is 0 Å². The van der Waals surface area contributed by atoms with Crippen LogP contribution >= 0.6 is 0 Å². The van der Waals surface area contributed by atoms with Gasteiger partial charge in [-0.05, 0) is 51.2 Å². The highest BCUT2D eigenvalue weighted by Gasteiger charge is 2.20. The number of fused-ring (bicyclic) bond motifs is 10. The van der Waals surface area contributed by atoms with E-state index in [0.717, 1.165) is 65.7 Å². The summed E-state index contributed by atoms with van der Waals surface area (Å²) >= 11 is 0. The van der Waals surface area contributed by atoms with Crippen molar-refractivity contribution < 1.29 is 4.42 Å². The Morgan fingerprint density at radius 3 is 1.96 bits per heavy atom. The van der Waals surface area contributed by atoms with Crippen LogP contribution in [0.25, 0.3) is 99.3 Å². The minimum absolute atomic E-state index is 0.565. The van der Waals surface area contributed by atoms with Crippen molar-refractivity contribution >= 4 is 65.2 Å². The lowest BCUT2D eigenvalue weighted by Crippen LogP contribution is -2.01. The highest BCUT2D eigenvalue weighted by Crippen LogP contribution is 2.41. The first-order valence-corrected chi connectivity index (χ1v) is 15.6. The van der Waals surface area contributed by atoms with Crippen LogP contribution in [0.15, 0.2) is 150 Å². The summed E-state index contributed by atoms with van der Waals surface area (Å²) < 4.78 is 6.50. The Kier molecular flexibility index (Phi) is 5.51. The summed E-state index contributed by atoms with van der Waals surface area (Å²) in [6, 6.07) is 48.0.